The van der Waals surface area contributed by atoms with Gasteiger partial charge in [-0.2, -0.15) is 0 Å². The normalized spacial score (nSPS) is 15.6. The van der Waals surface area contributed by atoms with Crippen LogP contribution in [0.5, 0.6) is 0 Å². The fourth-order valence-corrected chi connectivity index (χ4v) is 2.95. The number of aryl methyl sites for hydroxylation is 1. The first-order valence-corrected chi connectivity index (χ1v) is 8.65. The van der Waals surface area contributed by atoms with E-state index in [1.54, 1.807) is 0 Å². The quantitative estimate of drug-likeness (QED) is 0.838. The van der Waals surface area contributed by atoms with Gasteiger partial charge in [-0.1, -0.05) is 44.2 Å². The van der Waals surface area contributed by atoms with Crippen LogP contribution in [0.1, 0.15) is 38.7 Å². The van der Waals surface area contributed by atoms with Crippen LogP contribution in [0.15, 0.2) is 30.3 Å². The molecule has 4 heteroatoms. The predicted molar refractivity (Wildman–Crippen MR) is 92.0 cm³/mol. The topological polar surface area (TPSA) is 40.6 Å². The minimum absolute atomic E-state index is 0.201. The maximum atomic E-state index is 12.4. The van der Waals surface area contributed by atoms with Crippen LogP contribution < -0.4 is 0 Å². The van der Waals surface area contributed by atoms with Crippen LogP contribution in [0.25, 0.3) is 0 Å². The maximum Gasteiger partial charge on any atom is 0.222 e. The van der Waals surface area contributed by atoms with Crippen molar-refractivity contribution in [3.8, 4) is 0 Å². The molecule has 1 saturated heterocycles. The van der Waals surface area contributed by atoms with Gasteiger partial charge in [0.05, 0.1) is 0 Å². The number of hydrogen-bond acceptors (Lipinski definition) is 2. The van der Waals surface area contributed by atoms with Gasteiger partial charge < -0.3 is 9.80 Å². The summed E-state index contributed by atoms with van der Waals surface area (Å²) in [5.74, 6) is 0.806. The third-order valence-electron chi connectivity index (χ3n) is 4.25. The smallest absolute Gasteiger partial charge is 0.222 e. The van der Waals surface area contributed by atoms with Gasteiger partial charge in [-0.05, 0) is 24.3 Å². The van der Waals surface area contributed by atoms with E-state index in [4.69, 9.17) is 0 Å². The van der Waals surface area contributed by atoms with E-state index in [1.807, 2.05) is 28.0 Å². The minimum atomic E-state index is 0.201. The molecule has 0 atom stereocenters. The Morgan fingerprint density at radius 2 is 1.57 bits per heavy atom. The van der Waals surface area contributed by atoms with Gasteiger partial charge in [0.2, 0.25) is 11.8 Å². The molecular formula is C19H28N2O2. The van der Waals surface area contributed by atoms with Crippen LogP contribution in [0, 0.1) is 5.92 Å². The molecule has 0 N–H and O–H groups in total. The summed E-state index contributed by atoms with van der Waals surface area (Å²) in [5, 5.41) is 0. The van der Waals surface area contributed by atoms with E-state index in [9.17, 15) is 9.59 Å². The molecule has 0 radical (unpaired) electrons. The number of rotatable bonds is 5. The molecule has 0 bridgehead atoms. The summed E-state index contributed by atoms with van der Waals surface area (Å²) in [6.07, 6.45) is 2.80. The number of benzene rings is 1. The highest BCUT2D eigenvalue weighted by molar-refractivity contribution is 5.78. The molecule has 126 valence electrons. The number of nitrogens with zero attached hydrogens (tertiary/aromatic N) is 2. The molecule has 4 nitrogen and oxygen atoms in total. The average Bonchev–Trinajstić information content (AvgIpc) is 2.79. The Balaban J connectivity index is 1.80. The van der Waals surface area contributed by atoms with E-state index < -0.39 is 0 Å². The average molecular weight is 316 g/mol. The van der Waals surface area contributed by atoms with Gasteiger partial charge in [0.15, 0.2) is 0 Å². The Kier molecular flexibility index (Phi) is 6.63. The monoisotopic (exact) mass is 316 g/mol. The van der Waals surface area contributed by atoms with Crippen molar-refractivity contribution < 1.29 is 9.59 Å². The van der Waals surface area contributed by atoms with Crippen LogP contribution in [0.4, 0.5) is 0 Å². The second kappa shape index (κ2) is 8.70. The van der Waals surface area contributed by atoms with Gasteiger partial charge >= 0.3 is 0 Å². The van der Waals surface area contributed by atoms with Crippen LogP contribution in [-0.2, 0) is 16.0 Å². The lowest BCUT2D eigenvalue weighted by atomic mass is 10.1. The Morgan fingerprint density at radius 3 is 2.17 bits per heavy atom. The van der Waals surface area contributed by atoms with E-state index >= 15 is 0 Å². The van der Waals surface area contributed by atoms with Crippen molar-refractivity contribution in [3.63, 3.8) is 0 Å². The van der Waals surface area contributed by atoms with Gasteiger partial charge in [0.25, 0.3) is 0 Å². The summed E-state index contributed by atoms with van der Waals surface area (Å²) in [6, 6.07) is 10.1. The van der Waals surface area contributed by atoms with Gasteiger partial charge in [-0.15, -0.1) is 0 Å². The molecule has 0 saturated carbocycles. The highest BCUT2D eigenvalue weighted by Gasteiger charge is 2.22. The molecular weight excluding hydrogens is 288 g/mol. The molecule has 2 amide bonds. The van der Waals surface area contributed by atoms with E-state index in [0.29, 0.717) is 31.8 Å². The highest BCUT2D eigenvalue weighted by atomic mass is 16.2. The molecule has 1 aliphatic rings. The van der Waals surface area contributed by atoms with E-state index in [2.05, 4.69) is 26.0 Å². The fraction of sp³-hybridized carbons (Fsp3) is 0.579. The number of carbonyl (C=O) groups excluding carboxylic acids is 2. The molecule has 1 heterocycles. The van der Waals surface area contributed by atoms with Gasteiger partial charge in [0.1, 0.15) is 0 Å². The van der Waals surface area contributed by atoms with Crippen LogP contribution >= 0.6 is 0 Å². The molecule has 0 unspecified atom stereocenters. The number of hydrogen-bond donors (Lipinski definition) is 0. The SMILES string of the molecule is CC(C)CC(=O)N1CCCN(C(=O)CCc2ccccc2)CC1. The van der Waals surface area contributed by atoms with Crippen molar-refractivity contribution in [2.45, 2.75) is 39.5 Å². The van der Waals surface area contributed by atoms with Crippen LogP contribution in [-0.4, -0.2) is 47.8 Å². The standard InChI is InChI=1S/C19H28N2O2/c1-16(2)15-19(23)21-12-6-11-20(13-14-21)18(22)10-9-17-7-4-3-5-8-17/h3-5,7-8,16H,6,9-15H2,1-2H3. The molecule has 1 fully saturated rings. The largest absolute Gasteiger partial charge is 0.341 e. The second-order valence-corrected chi connectivity index (χ2v) is 6.70. The zero-order valence-corrected chi connectivity index (χ0v) is 14.3. The highest BCUT2D eigenvalue weighted by Crippen LogP contribution is 2.11. The van der Waals surface area contributed by atoms with Crippen molar-refractivity contribution in [1.29, 1.82) is 0 Å². The zero-order valence-electron chi connectivity index (χ0n) is 14.3. The predicted octanol–water partition coefficient (Wildman–Crippen LogP) is 2.73. The third-order valence-corrected chi connectivity index (χ3v) is 4.25. The van der Waals surface area contributed by atoms with Crippen molar-refractivity contribution in [2.24, 2.45) is 5.92 Å². The van der Waals surface area contributed by atoms with Gasteiger partial charge in [0, 0.05) is 39.0 Å². The summed E-state index contributed by atoms with van der Waals surface area (Å²) < 4.78 is 0. The van der Waals surface area contributed by atoms with Crippen molar-refractivity contribution >= 4 is 11.8 Å². The summed E-state index contributed by atoms with van der Waals surface area (Å²) >= 11 is 0. The van der Waals surface area contributed by atoms with Crippen molar-refractivity contribution in [3.05, 3.63) is 35.9 Å². The van der Waals surface area contributed by atoms with E-state index in [0.717, 1.165) is 25.9 Å². The molecule has 1 aromatic rings. The van der Waals surface area contributed by atoms with E-state index in [1.165, 1.54) is 5.56 Å². The molecule has 1 aliphatic heterocycles. The van der Waals surface area contributed by atoms with E-state index in [-0.39, 0.29) is 11.8 Å². The minimum Gasteiger partial charge on any atom is -0.341 e. The van der Waals surface area contributed by atoms with Crippen molar-refractivity contribution in [1.82, 2.24) is 9.80 Å². The Bertz CT molecular complexity index is 513. The zero-order chi connectivity index (χ0) is 16.7. The molecule has 0 aliphatic carbocycles. The van der Waals surface area contributed by atoms with Gasteiger partial charge in [-0.3, -0.25) is 9.59 Å². The first-order chi connectivity index (χ1) is 11.1. The first-order valence-electron chi connectivity index (χ1n) is 8.65. The molecule has 2 rings (SSSR count). The summed E-state index contributed by atoms with van der Waals surface area (Å²) in [5.41, 5.74) is 1.20. The van der Waals surface area contributed by atoms with Gasteiger partial charge in [-0.25, -0.2) is 0 Å². The Labute approximate surface area is 139 Å². The van der Waals surface area contributed by atoms with Crippen molar-refractivity contribution in [2.75, 3.05) is 26.2 Å². The number of amides is 2. The maximum absolute atomic E-state index is 12.4. The molecule has 1 aromatic carbocycles. The van der Waals surface area contributed by atoms with Crippen LogP contribution in [0.3, 0.4) is 0 Å². The lowest BCUT2D eigenvalue weighted by Gasteiger charge is -2.23. The molecule has 0 spiro atoms. The Hall–Kier alpha value is -1.84. The second-order valence-electron chi connectivity index (χ2n) is 6.70. The summed E-state index contributed by atoms with van der Waals surface area (Å²) in [4.78, 5) is 28.4. The summed E-state index contributed by atoms with van der Waals surface area (Å²) in [7, 11) is 0. The summed E-state index contributed by atoms with van der Waals surface area (Å²) in [6.45, 7) is 7.00. The Morgan fingerprint density at radius 1 is 0.957 bits per heavy atom. The lowest BCUT2D eigenvalue weighted by molar-refractivity contribution is -0.134. The third kappa shape index (κ3) is 5.70. The van der Waals surface area contributed by atoms with Crippen LogP contribution in [0.2, 0.25) is 0 Å². The lowest BCUT2D eigenvalue weighted by Crippen LogP contribution is -2.37. The molecule has 0 aromatic heterocycles. The number of carbonyl (C=O) groups is 2. The molecule has 23 heavy (non-hydrogen) atoms. The fourth-order valence-electron chi connectivity index (χ4n) is 2.95. The first kappa shape index (κ1) is 17.5.